The number of nitrogens with one attached hydrogen (secondary N) is 1. The van der Waals surface area contributed by atoms with Gasteiger partial charge in [0.15, 0.2) is 0 Å². The molecule has 15 heavy (non-hydrogen) atoms. The molecule has 4 nitrogen and oxygen atoms in total. The lowest BCUT2D eigenvalue weighted by molar-refractivity contribution is 0.0780. The lowest BCUT2D eigenvalue weighted by Crippen LogP contribution is -2.31. The summed E-state index contributed by atoms with van der Waals surface area (Å²) in [5, 5.41) is 13.5. The number of nitrogens with zero attached hydrogens (tertiary/aromatic N) is 2. The van der Waals surface area contributed by atoms with Crippen LogP contribution in [-0.4, -0.2) is 27.7 Å². The van der Waals surface area contributed by atoms with Gasteiger partial charge in [0.05, 0.1) is 0 Å². The van der Waals surface area contributed by atoms with E-state index in [0.717, 1.165) is 38.3 Å². The third kappa shape index (κ3) is 2.21. The molecule has 84 valence electrons. The molecule has 2 heterocycles. The number of aryl methyl sites for hydroxylation is 1. The van der Waals surface area contributed by atoms with Crippen LogP contribution in [0.2, 0.25) is 0 Å². The summed E-state index contributed by atoms with van der Waals surface area (Å²) in [6.07, 6.45) is 5.38. The minimum atomic E-state index is -0.401. The van der Waals surface area contributed by atoms with Crippen molar-refractivity contribution in [1.82, 2.24) is 14.9 Å². The van der Waals surface area contributed by atoms with Crippen molar-refractivity contribution in [2.24, 2.45) is 5.92 Å². The standard InChI is InChI=1S/C11H19N3O/c1-2-14-8-7-13-11(14)10(15)9-3-5-12-6-4-9/h7-10,12,15H,2-6H2,1H3. The summed E-state index contributed by atoms with van der Waals surface area (Å²) in [7, 11) is 0. The average molecular weight is 209 g/mol. The highest BCUT2D eigenvalue weighted by molar-refractivity contribution is 4.99. The van der Waals surface area contributed by atoms with Gasteiger partial charge in [-0.1, -0.05) is 0 Å². The van der Waals surface area contributed by atoms with Crippen LogP contribution < -0.4 is 5.32 Å². The van der Waals surface area contributed by atoms with Crippen LogP contribution in [0.5, 0.6) is 0 Å². The second-order valence-electron chi connectivity index (χ2n) is 4.10. The Kier molecular flexibility index (Phi) is 3.38. The van der Waals surface area contributed by atoms with Gasteiger partial charge in [0.2, 0.25) is 0 Å². The van der Waals surface area contributed by atoms with Gasteiger partial charge < -0.3 is 15.0 Å². The van der Waals surface area contributed by atoms with E-state index in [1.165, 1.54) is 0 Å². The highest BCUT2D eigenvalue weighted by Crippen LogP contribution is 2.27. The number of hydrogen-bond acceptors (Lipinski definition) is 3. The van der Waals surface area contributed by atoms with Crippen molar-refractivity contribution in [3.8, 4) is 0 Å². The molecule has 0 aliphatic carbocycles. The first-order valence-corrected chi connectivity index (χ1v) is 5.72. The van der Waals surface area contributed by atoms with Crippen LogP contribution in [0.15, 0.2) is 12.4 Å². The molecule has 0 amide bonds. The number of aliphatic hydroxyl groups excluding tert-OH is 1. The Labute approximate surface area is 90.3 Å². The molecule has 1 fully saturated rings. The van der Waals surface area contributed by atoms with Gasteiger partial charge in [-0.2, -0.15) is 0 Å². The molecular weight excluding hydrogens is 190 g/mol. The quantitative estimate of drug-likeness (QED) is 0.779. The second kappa shape index (κ2) is 4.77. The van der Waals surface area contributed by atoms with Crippen LogP contribution in [0, 0.1) is 5.92 Å². The molecule has 4 heteroatoms. The Balaban J connectivity index is 2.08. The van der Waals surface area contributed by atoms with Gasteiger partial charge in [-0.15, -0.1) is 0 Å². The number of aromatic nitrogens is 2. The van der Waals surface area contributed by atoms with Crippen LogP contribution >= 0.6 is 0 Å². The van der Waals surface area contributed by atoms with Crippen molar-refractivity contribution in [2.45, 2.75) is 32.4 Å². The number of rotatable bonds is 3. The van der Waals surface area contributed by atoms with E-state index in [1.54, 1.807) is 6.20 Å². The third-order valence-electron chi connectivity index (χ3n) is 3.18. The maximum absolute atomic E-state index is 10.2. The lowest BCUT2D eigenvalue weighted by Gasteiger charge is -2.27. The molecule has 1 aliphatic rings. The van der Waals surface area contributed by atoms with E-state index < -0.39 is 6.10 Å². The summed E-state index contributed by atoms with van der Waals surface area (Å²) in [5.74, 6) is 1.18. The Morgan fingerprint density at radius 2 is 2.33 bits per heavy atom. The smallest absolute Gasteiger partial charge is 0.137 e. The van der Waals surface area contributed by atoms with E-state index in [2.05, 4.69) is 17.2 Å². The first kappa shape index (κ1) is 10.6. The van der Waals surface area contributed by atoms with Crippen molar-refractivity contribution < 1.29 is 5.11 Å². The molecule has 0 bridgehead atoms. The Hall–Kier alpha value is -0.870. The molecule has 0 saturated carbocycles. The van der Waals surface area contributed by atoms with Crippen LogP contribution in [-0.2, 0) is 6.54 Å². The largest absolute Gasteiger partial charge is 0.385 e. The third-order valence-corrected chi connectivity index (χ3v) is 3.18. The molecule has 1 aliphatic heterocycles. The summed E-state index contributed by atoms with van der Waals surface area (Å²) in [6.45, 7) is 4.96. The maximum Gasteiger partial charge on any atom is 0.137 e. The molecule has 0 spiro atoms. The molecule has 2 N–H and O–H groups in total. The predicted molar refractivity (Wildman–Crippen MR) is 58.5 cm³/mol. The zero-order chi connectivity index (χ0) is 10.7. The Morgan fingerprint density at radius 3 is 3.00 bits per heavy atom. The molecular formula is C11H19N3O. The van der Waals surface area contributed by atoms with Crippen LogP contribution in [0.3, 0.4) is 0 Å². The van der Waals surface area contributed by atoms with E-state index in [4.69, 9.17) is 0 Å². The zero-order valence-corrected chi connectivity index (χ0v) is 9.19. The highest BCUT2D eigenvalue weighted by atomic mass is 16.3. The SMILES string of the molecule is CCn1ccnc1C(O)C1CCNCC1. The van der Waals surface area contributed by atoms with Gasteiger partial charge >= 0.3 is 0 Å². The molecule has 1 unspecified atom stereocenters. The fraction of sp³-hybridized carbons (Fsp3) is 0.727. The van der Waals surface area contributed by atoms with Crippen molar-refractivity contribution in [3.05, 3.63) is 18.2 Å². The number of hydrogen-bond donors (Lipinski definition) is 2. The van der Waals surface area contributed by atoms with E-state index in [0.29, 0.717) is 5.92 Å². The summed E-state index contributed by atoms with van der Waals surface area (Å²) >= 11 is 0. The molecule has 2 rings (SSSR count). The molecule has 0 aromatic carbocycles. The summed E-state index contributed by atoms with van der Waals surface area (Å²) in [6, 6.07) is 0. The van der Waals surface area contributed by atoms with Gasteiger partial charge in [0, 0.05) is 18.9 Å². The van der Waals surface area contributed by atoms with E-state index in [-0.39, 0.29) is 0 Å². The Morgan fingerprint density at radius 1 is 1.60 bits per heavy atom. The fourth-order valence-corrected chi connectivity index (χ4v) is 2.23. The highest BCUT2D eigenvalue weighted by Gasteiger charge is 2.25. The van der Waals surface area contributed by atoms with Gasteiger partial charge in [-0.05, 0) is 38.8 Å². The van der Waals surface area contributed by atoms with Crippen molar-refractivity contribution in [3.63, 3.8) is 0 Å². The number of imidazole rings is 1. The summed E-state index contributed by atoms with van der Waals surface area (Å²) < 4.78 is 2.02. The Bertz CT molecular complexity index is 305. The van der Waals surface area contributed by atoms with E-state index >= 15 is 0 Å². The van der Waals surface area contributed by atoms with Crippen molar-refractivity contribution >= 4 is 0 Å². The molecule has 1 aromatic rings. The topological polar surface area (TPSA) is 50.1 Å². The van der Waals surface area contributed by atoms with Gasteiger partial charge in [0.25, 0.3) is 0 Å². The second-order valence-corrected chi connectivity index (χ2v) is 4.10. The molecule has 0 radical (unpaired) electrons. The summed E-state index contributed by atoms with van der Waals surface area (Å²) in [4.78, 5) is 4.25. The van der Waals surface area contributed by atoms with E-state index in [1.807, 2.05) is 10.8 Å². The van der Waals surface area contributed by atoms with Crippen molar-refractivity contribution in [2.75, 3.05) is 13.1 Å². The monoisotopic (exact) mass is 209 g/mol. The maximum atomic E-state index is 10.2. The molecule has 1 atom stereocenters. The molecule has 1 aromatic heterocycles. The van der Waals surface area contributed by atoms with Crippen LogP contribution in [0.1, 0.15) is 31.7 Å². The zero-order valence-electron chi connectivity index (χ0n) is 9.19. The first-order chi connectivity index (χ1) is 7.33. The fourth-order valence-electron chi connectivity index (χ4n) is 2.23. The van der Waals surface area contributed by atoms with E-state index in [9.17, 15) is 5.11 Å². The summed E-state index contributed by atoms with van der Waals surface area (Å²) in [5.41, 5.74) is 0. The molecule has 1 saturated heterocycles. The first-order valence-electron chi connectivity index (χ1n) is 5.72. The minimum absolute atomic E-state index is 0.360. The van der Waals surface area contributed by atoms with Crippen molar-refractivity contribution in [1.29, 1.82) is 0 Å². The van der Waals surface area contributed by atoms with Crippen LogP contribution in [0.25, 0.3) is 0 Å². The minimum Gasteiger partial charge on any atom is -0.385 e. The van der Waals surface area contributed by atoms with Gasteiger partial charge in [-0.25, -0.2) is 4.98 Å². The normalized spacial score (nSPS) is 20.4. The van der Waals surface area contributed by atoms with Gasteiger partial charge in [-0.3, -0.25) is 0 Å². The lowest BCUT2D eigenvalue weighted by atomic mass is 9.92. The van der Waals surface area contributed by atoms with Crippen LogP contribution in [0.4, 0.5) is 0 Å². The number of aliphatic hydroxyl groups is 1. The number of piperidine rings is 1. The average Bonchev–Trinajstić information content (AvgIpc) is 2.77. The van der Waals surface area contributed by atoms with Gasteiger partial charge in [0.1, 0.15) is 11.9 Å². The predicted octanol–water partition coefficient (Wildman–Crippen LogP) is 0.936.